The quantitative estimate of drug-likeness (QED) is 0.243. The lowest BCUT2D eigenvalue weighted by atomic mass is 10.1. The van der Waals surface area contributed by atoms with Crippen molar-refractivity contribution in [3.63, 3.8) is 0 Å². The smallest absolute Gasteiger partial charge is 0.329 e. The molecule has 0 saturated carbocycles. The molecule has 227 valence electrons. The molecule has 1 aliphatic rings. The van der Waals surface area contributed by atoms with Gasteiger partial charge in [-0.3, -0.25) is 0 Å². The van der Waals surface area contributed by atoms with E-state index in [9.17, 15) is 9.59 Å². The Kier molecular flexibility index (Phi) is 8.02. The van der Waals surface area contributed by atoms with E-state index in [-0.39, 0.29) is 0 Å². The van der Waals surface area contributed by atoms with Gasteiger partial charge in [0.25, 0.3) is 0 Å². The molecule has 0 aliphatic carbocycles. The number of hydrogen-bond donors (Lipinski definition) is 2. The summed E-state index contributed by atoms with van der Waals surface area (Å²) in [6.07, 6.45) is 0. The third-order valence-corrected chi connectivity index (χ3v) is 44.0. The minimum atomic E-state index is -3.65. The first-order valence-electron chi connectivity index (χ1n) is 15.8. The maximum Gasteiger partial charge on any atom is 0.329 e. The second-order valence-electron chi connectivity index (χ2n) is 12.4. The molecule has 0 aromatic heterocycles. The molecule has 2 atom stereocenters. The van der Waals surface area contributed by atoms with Gasteiger partial charge in [0.05, 0.1) is 0 Å². The minimum Gasteiger partial charge on any atom is -0.426 e. The van der Waals surface area contributed by atoms with Gasteiger partial charge < -0.3 is 13.8 Å². The second kappa shape index (κ2) is 12.0. The Hall–Kier alpha value is -3.93. The SMILES string of the molecule is CC1(c2ccccc2)N([Si](O)(c2ccccc2)c2ccccc2)[Si](C)(c2ccccc2)[Si]1[Si](O)(c1ccccc1)c1ccccc1. The van der Waals surface area contributed by atoms with Crippen LogP contribution in [0.4, 0.5) is 0 Å². The van der Waals surface area contributed by atoms with E-state index in [4.69, 9.17) is 0 Å². The second-order valence-corrected chi connectivity index (χ2v) is 32.9. The van der Waals surface area contributed by atoms with E-state index in [1.807, 2.05) is 48.5 Å². The van der Waals surface area contributed by atoms with Crippen molar-refractivity contribution in [2.24, 2.45) is 0 Å². The number of rotatable bonds is 8. The molecule has 6 aromatic rings. The lowest BCUT2D eigenvalue weighted by Crippen LogP contribution is -3.05. The number of hydrogen-bond acceptors (Lipinski definition) is 3. The predicted octanol–water partition coefficient (Wildman–Crippen LogP) is 3.89. The molecule has 0 bridgehead atoms. The molecule has 1 fully saturated rings. The Morgan fingerprint density at radius 1 is 0.500 bits per heavy atom. The zero-order chi connectivity index (χ0) is 31.8. The first-order valence-corrected chi connectivity index (χ1v) is 25.6. The summed E-state index contributed by atoms with van der Waals surface area (Å²) in [6.45, 7) is 4.77. The van der Waals surface area contributed by atoms with Crippen LogP contribution < -0.4 is 25.9 Å². The van der Waals surface area contributed by atoms with Gasteiger partial charge in [0.15, 0.2) is 0 Å². The van der Waals surface area contributed by atoms with Crippen LogP contribution in [-0.4, -0.2) is 45.7 Å². The fraction of sp³-hybridized carbons (Fsp3) is 0.0769. The lowest BCUT2D eigenvalue weighted by molar-refractivity contribution is 0.340. The number of nitrogens with zero attached hydrogens (tertiary/aromatic N) is 1. The highest BCUT2D eigenvalue weighted by Gasteiger charge is 2.80. The first kappa shape index (κ1) is 30.7. The van der Waals surface area contributed by atoms with Crippen molar-refractivity contribution < 1.29 is 9.59 Å². The molecule has 6 aromatic carbocycles. The summed E-state index contributed by atoms with van der Waals surface area (Å²) in [5, 5.41) is 4.65. The zero-order valence-corrected chi connectivity index (χ0v) is 30.2. The monoisotopic (exact) mass is 664 g/mol. The molecule has 46 heavy (non-hydrogen) atoms. The summed E-state index contributed by atoms with van der Waals surface area (Å²) < 4.78 is 2.61. The van der Waals surface area contributed by atoms with Gasteiger partial charge in [0, 0.05) is 5.16 Å². The highest BCUT2D eigenvalue weighted by molar-refractivity contribution is 7.70. The van der Waals surface area contributed by atoms with E-state index in [1.54, 1.807) is 0 Å². The molecule has 1 aliphatic heterocycles. The minimum absolute atomic E-state index is 0.609. The van der Waals surface area contributed by atoms with E-state index >= 15 is 0 Å². The highest BCUT2D eigenvalue weighted by atomic mass is 29.6. The summed E-state index contributed by atoms with van der Waals surface area (Å²) in [5.41, 5.74) is 1.15. The van der Waals surface area contributed by atoms with Gasteiger partial charge in [0.1, 0.15) is 15.6 Å². The Balaban J connectivity index is 1.62. The fourth-order valence-electron chi connectivity index (χ4n) is 8.10. The average Bonchev–Trinajstić information content (AvgIpc) is 3.13. The molecular formula is C39H38NO2Si4. The standard InChI is InChI=1S/C39H38NO2Si4/c1-39(33-21-9-3-10-22-33)40(45(41,35-25-13-5-14-26-35)36-27-15-6-16-28-36)44(2,34-23-11-4-12-24-34)43(39)46(42,37-29-17-7-18-30-37)38-31-19-8-20-32-38/h3-32,41-42H,1-2H3. The molecule has 1 saturated heterocycles. The van der Waals surface area contributed by atoms with Crippen molar-refractivity contribution in [3.8, 4) is 0 Å². The van der Waals surface area contributed by atoms with E-state index in [1.165, 1.54) is 5.19 Å². The van der Waals surface area contributed by atoms with Crippen LogP contribution in [0.3, 0.4) is 0 Å². The Morgan fingerprint density at radius 2 is 0.826 bits per heavy atom. The highest BCUT2D eigenvalue weighted by Crippen LogP contribution is 2.52. The first-order chi connectivity index (χ1) is 22.4. The zero-order valence-electron chi connectivity index (χ0n) is 26.2. The Morgan fingerprint density at radius 3 is 1.22 bits per heavy atom. The van der Waals surface area contributed by atoms with Crippen LogP contribution in [0.1, 0.15) is 12.5 Å². The van der Waals surface area contributed by atoms with E-state index in [0.29, 0.717) is 0 Å². The third kappa shape index (κ3) is 4.54. The molecular weight excluding hydrogens is 627 g/mol. The molecule has 7 heteroatoms. The van der Waals surface area contributed by atoms with Crippen LogP contribution in [0.5, 0.6) is 0 Å². The lowest BCUT2D eigenvalue weighted by Gasteiger charge is -2.73. The third-order valence-electron chi connectivity index (χ3n) is 9.96. The van der Waals surface area contributed by atoms with Crippen molar-refractivity contribution in [3.05, 3.63) is 188 Å². The van der Waals surface area contributed by atoms with Crippen LogP contribution in [0.15, 0.2) is 182 Å². The van der Waals surface area contributed by atoms with Crippen molar-refractivity contribution in [1.29, 1.82) is 0 Å². The molecule has 0 spiro atoms. The van der Waals surface area contributed by atoms with E-state index < -0.39 is 37.1 Å². The van der Waals surface area contributed by atoms with Gasteiger partial charge in [-0.25, -0.2) is 0 Å². The van der Waals surface area contributed by atoms with Crippen LogP contribution >= 0.6 is 0 Å². The summed E-state index contributed by atoms with van der Waals surface area (Å²) in [4.78, 5) is 27.8. The van der Waals surface area contributed by atoms with Crippen LogP contribution in [0.2, 0.25) is 6.55 Å². The maximum atomic E-state index is 13.9. The molecule has 2 unspecified atom stereocenters. The van der Waals surface area contributed by atoms with Crippen molar-refractivity contribution in [2.45, 2.75) is 18.6 Å². The Bertz CT molecular complexity index is 1670. The average molecular weight is 665 g/mol. The van der Waals surface area contributed by atoms with Crippen LogP contribution in [-0.2, 0) is 5.16 Å². The van der Waals surface area contributed by atoms with Crippen molar-refractivity contribution >= 4 is 57.8 Å². The molecule has 1 heterocycles. The van der Waals surface area contributed by atoms with E-state index in [2.05, 4.69) is 151 Å². The molecule has 0 amide bonds. The topological polar surface area (TPSA) is 43.7 Å². The molecule has 2 N–H and O–H groups in total. The fourth-order valence-corrected chi connectivity index (χ4v) is 53.6. The summed E-state index contributed by atoms with van der Waals surface area (Å²) in [6, 6.07) is 63.1. The number of benzene rings is 6. The van der Waals surface area contributed by atoms with Gasteiger partial charge in [-0.1, -0.05) is 189 Å². The summed E-state index contributed by atoms with van der Waals surface area (Å²) >= 11 is 0. The van der Waals surface area contributed by atoms with E-state index in [0.717, 1.165) is 26.3 Å². The van der Waals surface area contributed by atoms with Gasteiger partial charge in [0.2, 0.25) is 7.83 Å². The molecule has 1 radical (unpaired) electrons. The van der Waals surface area contributed by atoms with Crippen molar-refractivity contribution in [2.75, 3.05) is 0 Å². The molecule has 7 rings (SSSR count). The van der Waals surface area contributed by atoms with Gasteiger partial charge >= 0.3 is 8.48 Å². The van der Waals surface area contributed by atoms with Gasteiger partial charge in [-0.2, -0.15) is 0 Å². The Labute approximate surface area is 276 Å². The summed E-state index contributed by atoms with van der Waals surface area (Å²) in [7, 11) is -11.8. The van der Waals surface area contributed by atoms with Gasteiger partial charge in [-0.15, -0.1) is 0 Å². The maximum absolute atomic E-state index is 13.9. The van der Waals surface area contributed by atoms with Crippen molar-refractivity contribution in [1.82, 2.24) is 4.23 Å². The predicted molar refractivity (Wildman–Crippen MR) is 199 cm³/mol. The van der Waals surface area contributed by atoms with Gasteiger partial charge in [-0.05, 0) is 38.4 Å². The normalized spacial score (nSPS) is 20.6. The molecule has 3 nitrogen and oxygen atoms in total. The van der Waals surface area contributed by atoms with Crippen LogP contribution in [0.25, 0.3) is 0 Å². The largest absolute Gasteiger partial charge is 0.426 e. The van der Waals surface area contributed by atoms with Crippen LogP contribution in [0, 0.1) is 0 Å². The summed E-state index contributed by atoms with van der Waals surface area (Å²) in [5.74, 6) is 0.